The minimum absolute atomic E-state index is 0.0245. The number of fused-ring (bicyclic) bond motifs is 1. The van der Waals surface area contributed by atoms with Gasteiger partial charge >= 0.3 is 11.8 Å². The lowest BCUT2D eigenvalue weighted by molar-refractivity contribution is -0.136. The number of amides is 1. The summed E-state index contributed by atoms with van der Waals surface area (Å²) in [5.41, 5.74) is -0.215. The smallest absolute Gasteiger partial charge is 0.417 e. The highest BCUT2D eigenvalue weighted by molar-refractivity contribution is 6.02. The number of carbonyl (C=O) groups is 1. The first-order valence-corrected chi connectivity index (χ1v) is 9.18. The van der Waals surface area contributed by atoms with Crippen molar-refractivity contribution in [2.24, 2.45) is 0 Å². The maximum Gasteiger partial charge on any atom is 0.417 e. The van der Waals surface area contributed by atoms with E-state index in [4.69, 9.17) is 4.42 Å². The van der Waals surface area contributed by atoms with Crippen molar-refractivity contribution in [2.75, 3.05) is 5.32 Å². The maximum atomic E-state index is 13.1. The molecule has 4 nitrogen and oxygen atoms in total. The van der Waals surface area contributed by atoms with Crippen LogP contribution in [0.15, 0.2) is 63.8 Å². The number of nitrogens with one attached hydrogen (secondary N) is 1. The lowest BCUT2D eigenvalue weighted by atomic mass is 9.87. The van der Waals surface area contributed by atoms with E-state index in [9.17, 15) is 22.8 Å². The van der Waals surface area contributed by atoms with Crippen molar-refractivity contribution in [3.8, 4) is 0 Å². The predicted octanol–water partition coefficient (Wildman–Crippen LogP) is 5.76. The van der Waals surface area contributed by atoms with Gasteiger partial charge in [-0.25, -0.2) is 4.79 Å². The average Bonchev–Trinajstić information content (AvgIpc) is 2.64. The molecule has 0 saturated heterocycles. The number of halogens is 3. The van der Waals surface area contributed by atoms with Crippen LogP contribution in [0.25, 0.3) is 17.0 Å². The monoisotopic (exact) mass is 415 g/mol. The first kappa shape index (κ1) is 21.4. The van der Waals surface area contributed by atoms with E-state index in [0.29, 0.717) is 6.07 Å². The molecule has 0 fully saturated rings. The summed E-state index contributed by atoms with van der Waals surface area (Å²) in [6.07, 6.45) is -1.74. The molecule has 3 rings (SSSR count). The highest BCUT2D eigenvalue weighted by Gasteiger charge is 2.33. The molecule has 0 saturated carbocycles. The topological polar surface area (TPSA) is 59.3 Å². The summed E-state index contributed by atoms with van der Waals surface area (Å²) < 4.78 is 44.2. The second kappa shape index (κ2) is 7.82. The number of rotatable bonds is 3. The Morgan fingerprint density at radius 3 is 2.27 bits per heavy atom. The van der Waals surface area contributed by atoms with Gasteiger partial charge in [0.2, 0.25) is 5.91 Å². The van der Waals surface area contributed by atoms with E-state index in [1.807, 2.05) is 24.3 Å². The molecule has 156 valence electrons. The molecule has 0 spiro atoms. The average molecular weight is 415 g/mol. The molecule has 0 unspecified atom stereocenters. The van der Waals surface area contributed by atoms with Crippen molar-refractivity contribution in [1.29, 1.82) is 0 Å². The largest absolute Gasteiger partial charge is 0.423 e. The van der Waals surface area contributed by atoms with Gasteiger partial charge in [0.1, 0.15) is 5.58 Å². The third kappa shape index (κ3) is 4.97. The van der Waals surface area contributed by atoms with E-state index < -0.39 is 23.3 Å². The van der Waals surface area contributed by atoms with Gasteiger partial charge in [-0.3, -0.25) is 4.79 Å². The molecule has 1 aromatic heterocycles. The van der Waals surface area contributed by atoms with Gasteiger partial charge in [-0.1, -0.05) is 45.0 Å². The molecule has 0 radical (unpaired) electrons. The summed E-state index contributed by atoms with van der Waals surface area (Å²) >= 11 is 0. The van der Waals surface area contributed by atoms with E-state index in [-0.39, 0.29) is 22.1 Å². The molecule has 1 heterocycles. The van der Waals surface area contributed by atoms with Crippen molar-refractivity contribution in [3.63, 3.8) is 0 Å². The molecule has 0 aliphatic heterocycles. The van der Waals surface area contributed by atoms with Gasteiger partial charge in [0.05, 0.1) is 5.56 Å². The lowest BCUT2D eigenvalue weighted by Crippen LogP contribution is -2.12. The highest BCUT2D eigenvalue weighted by atomic mass is 19.4. The predicted molar refractivity (Wildman–Crippen MR) is 110 cm³/mol. The molecule has 30 heavy (non-hydrogen) atoms. The van der Waals surface area contributed by atoms with Gasteiger partial charge in [0.25, 0.3) is 0 Å². The Labute approximate surface area is 171 Å². The fourth-order valence-electron chi connectivity index (χ4n) is 2.93. The second-order valence-electron chi connectivity index (χ2n) is 7.88. The van der Waals surface area contributed by atoms with Crippen molar-refractivity contribution in [1.82, 2.24) is 0 Å². The number of carbonyl (C=O) groups excluding carboxylic acids is 1. The first-order chi connectivity index (χ1) is 13.9. The molecule has 0 atom stereocenters. The Kier molecular flexibility index (Phi) is 5.57. The van der Waals surface area contributed by atoms with Crippen molar-refractivity contribution < 1.29 is 22.4 Å². The summed E-state index contributed by atoms with van der Waals surface area (Å²) in [7, 11) is 0. The van der Waals surface area contributed by atoms with Crippen LogP contribution >= 0.6 is 0 Å². The van der Waals surface area contributed by atoms with E-state index in [1.54, 1.807) is 6.08 Å². The molecule has 1 amide bonds. The fourth-order valence-corrected chi connectivity index (χ4v) is 2.93. The third-order valence-electron chi connectivity index (χ3n) is 4.52. The van der Waals surface area contributed by atoms with Gasteiger partial charge < -0.3 is 9.73 Å². The van der Waals surface area contributed by atoms with Crippen LogP contribution in [0.1, 0.15) is 37.5 Å². The Balaban J connectivity index is 1.78. The summed E-state index contributed by atoms with van der Waals surface area (Å²) in [4.78, 5) is 23.6. The minimum atomic E-state index is -4.69. The summed E-state index contributed by atoms with van der Waals surface area (Å²) in [5, 5.41) is 2.29. The zero-order valence-electron chi connectivity index (χ0n) is 16.6. The van der Waals surface area contributed by atoms with Crippen LogP contribution in [-0.4, -0.2) is 5.91 Å². The van der Waals surface area contributed by atoms with Crippen LogP contribution in [0.3, 0.4) is 0 Å². The zero-order chi connectivity index (χ0) is 22.1. The molecule has 1 N–H and O–H groups in total. The Morgan fingerprint density at radius 1 is 1.00 bits per heavy atom. The Bertz CT molecular complexity index is 1170. The maximum absolute atomic E-state index is 13.1. The van der Waals surface area contributed by atoms with Crippen LogP contribution < -0.4 is 10.9 Å². The lowest BCUT2D eigenvalue weighted by Gasteiger charge is -2.18. The van der Waals surface area contributed by atoms with Crippen LogP contribution in [0.4, 0.5) is 18.9 Å². The zero-order valence-corrected chi connectivity index (χ0v) is 16.6. The molecule has 7 heteroatoms. The molecule has 3 aromatic rings. The van der Waals surface area contributed by atoms with E-state index in [2.05, 4.69) is 26.1 Å². The molecule has 0 aliphatic carbocycles. The summed E-state index contributed by atoms with van der Waals surface area (Å²) in [6.45, 7) is 6.32. The molecular formula is C23H20F3NO3. The molecule has 0 aliphatic rings. The fraction of sp³-hybridized carbons (Fsp3) is 0.217. The van der Waals surface area contributed by atoms with Gasteiger partial charge in [-0.2, -0.15) is 13.2 Å². The van der Waals surface area contributed by atoms with Crippen LogP contribution in [-0.2, 0) is 16.4 Å². The first-order valence-electron chi connectivity index (χ1n) is 9.18. The second-order valence-corrected chi connectivity index (χ2v) is 7.88. The van der Waals surface area contributed by atoms with E-state index in [1.165, 1.54) is 23.8 Å². The number of benzene rings is 2. The summed E-state index contributed by atoms with van der Waals surface area (Å²) in [6, 6.07) is 11.8. The summed E-state index contributed by atoms with van der Waals surface area (Å²) in [5.74, 6) is -0.469. The van der Waals surface area contributed by atoms with Crippen LogP contribution in [0, 0.1) is 0 Å². The number of hydrogen-bond acceptors (Lipinski definition) is 3. The Morgan fingerprint density at radius 2 is 1.67 bits per heavy atom. The van der Waals surface area contributed by atoms with E-state index >= 15 is 0 Å². The van der Waals surface area contributed by atoms with Gasteiger partial charge in [-0.15, -0.1) is 0 Å². The van der Waals surface area contributed by atoms with Crippen molar-refractivity contribution in [2.45, 2.75) is 32.4 Å². The molecule has 2 aromatic carbocycles. The number of anilines is 1. The van der Waals surface area contributed by atoms with Gasteiger partial charge in [0.15, 0.2) is 0 Å². The number of alkyl halides is 3. The van der Waals surface area contributed by atoms with Gasteiger partial charge in [-0.05, 0) is 34.8 Å². The van der Waals surface area contributed by atoms with Crippen molar-refractivity contribution in [3.05, 3.63) is 81.7 Å². The third-order valence-corrected chi connectivity index (χ3v) is 4.52. The number of hydrogen-bond donors (Lipinski definition) is 1. The molecular weight excluding hydrogens is 395 g/mol. The van der Waals surface area contributed by atoms with Crippen molar-refractivity contribution >= 4 is 28.6 Å². The molecule has 0 bridgehead atoms. The van der Waals surface area contributed by atoms with Crippen LogP contribution in [0.2, 0.25) is 0 Å². The Hall–Kier alpha value is -3.35. The highest BCUT2D eigenvalue weighted by Crippen LogP contribution is 2.34. The van der Waals surface area contributed by atoms with Gasteiger partial charge in [0, 0.05) is 29.3 Å². The quantitative estimate of drug-likeness (QED) is 0.437. The van der Waals surface area contributed by atoms with E-state index in [0.717, 1.165) is 11.6 Å². The van der Waals surface area contributed by atoms with Crippen LogP contribution in [0.5, 0.6) is 0 Å². The SMILES string of the molecule is CC(C)(C)c1ccc(/C=C/C(=O)Nc2ccc3c(C(F)(F)F)cc(=O)oc3c2)cc1. The normalized spacial score (nSPS) is 12.5. The standard InChI is InChI=1S/C23H20F3NO3/c1-22(2,3)15-7-4-14(5-8-15)6-11-20(28)27-16-9-10-17-18(23(24,25)26)13-21(29)30-19(17)12-16/h4-13H,1-3H3,(H,27,28)/b11-6+. The minimum Gasteiger partial charge on any atom is -0.423 e.